The lowest BCUT2D eigenvalue weighted by atomic mass is 9.98. The standard InChI is InChI=1S/C13H14F3NO3/c14-13(15,16)10(9-4-2-1-3-5-9)8-17-11(18)6-7-12(19)20/h1-5,10H,6-8H2,(H,17,18)(H,19,20). The Morgan fingerprint density at radius 1 is 1.15 bits per heavy atom. The van der Waals surface area contributed by atoms with Gasteiger partial charge in [-0.15, -0.1) is 0 Å². The lowest BCUT2D eigenvalue weighted by molar-refractivity contribution is -0.151. The number of aliphatic carboxylic acids is 1. The zero-order chi connectivity index (χ0) is 15.2. The maximum Gasteiger partial charge on any atom is 0.397 e. The van der Waals surface area contributed by atoms with Crippen molar-refractivity contribution in [3.8, 4) is 0 Å². The Bertz CT molecular complexity index is 460. The fourth-order valence-electron chi connectivity index (χ4n) is 1.63. The summed E-state index contributed by atoms with van der Waals surface area (Å²) >= 11 is 0. The molecular formula is C13H14F3NO3. The molecule has 110 valence electrons. The van der Waals surface area contributed by atoms with E-state index in [9.17, 15) is 22.8 Å². The van der Waals surface area contributed by atoms with Crippen LogP contribution in [0, 0.1) is 0 Å². The van der Waals surface area contributed by atoms with E-state index in [-0.39, 0.29) is 12.0 Å². The van der Waals surface area contributed by atoms with E-state index in [0.29, 0.717) is 0 Å². The summed E-state index contributed by atoms with van der Waals surface area (Å²) < 4.78 is 38.8. The smallest absolute Gasteiger partial charge is 0.397 e. The van der Waals surface area contributed by atoms with Gasteiger partial charge in [-0.25, -0.2) is 0 Å². The predicted octanol–water partition coefficient (Wildman–Crippen LogP) is 2.31. The van der Waals surface area contributed by atoms with Crippen molar-refractivity contribution in [1.29, 1.82) is 0 Å². The molecule has 0 spiro atoms. The van der Waals surface area contributed by atoms with Crippen LogP contribution < -0.4 is 5.32 Å². The molecule has 0 saturated carbocycles. The Morgan fingerprint density at radius 2 is 1.75 bits per heavy atom. The van der Waals surface area contributed by atoms with Crippen molar-refractivity contribution in [3.05, 3.63) is 35.9 Å². The number of nitrogens with one attached hydrogen (secondary N) is 1. The maximum absolute atomic E-state index is 12.9. The lowest BCUT2D eigenvalue weighted by Crippen LogP contribution is -2.35. The number of carboxylic acid groups (broad SMARTS) is 1. The third kappa shape index (κ3) is 5.29. The highest BCUT2D eigenvalue weighted by Gasteiger charge is 2.40. The molecule has 1 unspecified atom stereocenters. The van der Waals surface area contributed by atoms with Crippen LogP contribution in [-0.4, -0.2) is 29.7 Å². The Hall–Kier alpha value is -2.05. The molecule has 20 heavy (non-hydrogen) atoms. The molecule has 0 radical (unpaired) electrons. The van der Waals surface area contributed by atoms with Gasteiger partial charge in [-0.3, -0.25) is 9.59 Å². The van der Waals surface area contributed by atoms with Gasteiger partial charge in [-0.05, 0) is 5.56 Å². The fourth-order valence-corrected chi connectivity index (χ4v) is 1.63. The van der Waals surface area contributed by atoms with Crippen LogP contribution in [0.1, 0.15) is 24.3 Å². The van der Waals surface area contributed by atoms with Crippen LogP contribution in [0.5, 0.6) is 0 Å². The first kappa shape index (κ1) is 16.0. The number of rotatable bonds is 6. The van der Waals surface area contributed by atoms with Crippen molar-refractivity contribution in [2.24, 2.45) is 0 Å². The van der Waals surface area contributed by atoms with Gasteiger partial charge in [0.2, 0.25) is 5.91 Å². The minimum Gasteiger partial charge on any atom is -0.481 e. The number of alkyl halides is 3. The van der Waals surface area contributed by atoms with Gasteiger partial charge in [-0.2, -0.15) is 13.2 Å². The molecule has 0 aliphatic carbocycles. The molecule has 2 N–H and O–H groups in total. The average molecular weight is 289 g/mol. The van der Waals surface area contributed by atoms with E-state index >= 15 is 0 Å². The second-order valence-corrected chi connectivity index (χ2v) is 4.20. The second-order valence-electron chi connectivity index (χ2n) is 4.20. The van der Waals surface area contributed by atoms with Gasteiger partial charge in [0.1, 0.15) is 0 Å². The predicted molar refractivity (Wildman–Crippen MR) is 65.1 cm³/mol. The Balaban J connectivity index is 2.64. The molecule has 0 aliphatic heterocycles. The zero-order valence-electron chi connectivity index (χ0n) is 10.5. The molecule has 0 bridgehead atoms. The molecule has 0 fully saturated rings. The molecule has 1 atom stereocenters. The van der Waals surface area contributed by atoms with Crippen LogP contribution in [0.2, 0.25) is 0 Å². The van der Waals surface area contributed by atoms with Crippen molar-refractivity contribution in [1.82, 2.24) is 5.32 Å². The second kappa shape index (κ2) is 6.93. The van der Waals surface area contributed by atoms with Gasteiger partial charge in [0.05, 0.1) is 12.3 Å². The number of hydrogen-bond acceptors (Lipinski definition) is 2. The summed E-state index contributed by atoms with van der Waals surface area (Å²) in [5.41, 5.74) is 0.0542. The first-order chi connectivity index (χ1) is 9.30. The molecule has 7 heteroatoms. The van der Waals surface area contributed by atoms with E-state index in [1.165, 1.54) is 24.3 Å². The minimum absolute atomic E-state index is 0.0542. The summed E-state index contributed by atoms with van der Waals surface area (Å²) in [6.45, 7) is -0.605. The molecule has 1 amide bonds. The van der Waals surface area contributed by atoms with Gasteiger partial charge in [0.25, 0.3) is 0 Å². The summed E-state index contributed by atoms with van der Waals surface area (Å²) in [6.07, 6.45) is -5.23. The van der Waals surface area contributed by atoms with Crippen LogP contribution in [-0.2, 0) is 9.59 Å². The molecule has 1 aromatic carbocycles. The Morgan fingerprint density at radius 3 is 2.25 bits per heavy atom. The lowest BCUT2D eigenvalue weighted by Gasteiger charge is -2.21. The molecule has 4 nitrogen and oxygen atoms in total. The van der Waals surface area contributed by atoms with Crippen molar-refractivity contribution in [2.75, 3.05) is 6.54 Å². The summed E-state index contributed by atoms with van der Waals surface area (Å²) in [7, 11) is 0. The summed E-state index contributed by atoms with van der Waals surface area (Å²) in [5.74, 6) is -3.69. The Labute approximate surface area is 113 Å². The van der Waals surface area contributed by atoms with Gasteiger partial charge in [0, 0.05) is 13.0 Å². The van der Waals surface area contributed by atoms with Gasteiger partial charge in [-0.1, -0.05) is 30.3 Å². The van der Waals surface area contributed by atoms with E-state index in [1.54, 1.807) is 6.07 Å². The Kier molecular flexibility index (Phi) is 5.54. The van der Waals surface area contributed by atoms with Gasteiger partial charge < -0.3 is 10.4 Å². The van der Waals surface area contributed by atoms with Gasteiger partial charge >= 0.3 is 12.1 Å². The number of hydrogen-bond donors (Lipinski definition) is 2. The fraction of sp³-hybridized carbons (Fsp3) is 0.385. The molecule has 1 rings (SSSR count). The SMILES string of the molecule is O=C(O)CCC(=O)NCC(c1ccccc1)C(F)(F)F. The highest BCUT2D eigenvalue weighted by Crippen LogP contribution is 2.34. The quantitative estimate of drug-likeness (QED) is 0.844. The van der Waals surface area contributed by atoms with Crippen LogP contribution in [0.3, 0.4) is 0 Å². The van der Waals surface area contributed by atoms with Crippen molar-refractivity contribution in [3.63, 3.8) is 0 Å². The first-order valence-electron chi connectivity index (χ1n) is 5.91. The van der Waals surface area contributed by atoms with Crippen molar-refractivity contribution in [2.45, 2.75) is 24.9 Å². The summed E-state index contributed by atoms with van der Waals surface area (Å²) in [4.78, 5) is 21.5. The molecule has 0 aliphatic rings. The van der Waals surface area contributed by atoms with Crippen LogP contribution in [0.15, 0.2) is 30.3 Å². The average Bonchev–Trinajstić information content (AvgIpc) is 2.36. The van der Waals surface area contributed by atoms with Crippen molar-refractivity contribution < 1.29 is 27.9 Å². The maximum atomic E-state index is 12.9. The number of amides is 1. The highest BCUT2D eigenvalue weighted by atomic mass is 19.4. The van der Waals surface area contributed by atoms with Gasteiger partial charge in [0.15, 0.2) is 0 Å². The minimum atomic E-state index is -4.48. The number of carbonyl (C=O) groups is 2. The molecule has 1 aromatic rings. The summed E-state index contributed by atoms with van der Waals surface area (Å²) in [6, 6.07) is 7.24. The highest BCUT2D eigenvalue weighted by molar-refractivity contribution is 5.80. The zero-order valence-corrected chi connectivity index (χ0v) is 10.5. The van der Waals surface area contributed by atoms with E-state index in [2.05, 4.69) is 5.32 Å². The van der Waals surface area contributed by atoms with E-state index in [0.717, 1.165) is 0 Å². The summed E-state index contributed by atoms with van der Waals surface area (Å²) in [5, 5.41) is 10.5. The first-order valence-corrected chi connectivity index (χ1v) is 5.91. The van der Waals surface area contributed by atoms with E-state index < -0.39 is 36.9 Å². The number of carbonyl (C=O) groups excluding carboxylic acids is 1. The molecule has 0 aromatic heterocycles. The third-order valence-electron chi connectivity index (χ3n) is 2.67. The van der Waals surface area contributed by atoms with Crippen molar-refractivity contribution >= 4 is 11.9 Å². The van der Waals surface area contributed by atoms with Crippen LogP contribution in [0.25, 0.3) is 0 Å². The van der Waals surface area contributed by atoms with E-state index in [4.69, 9.17) is 5.11 Å². The normalized spacial score (nSPS) is 12.8. The number of carboxylic acids is 1. The molecule has 0 saturated heterocycles. The molecular weight excluding hydrogens is 275 g/mol. The van der Waals surface area contributed by atoms with Crippen LogP contribution >= 0.6 is 0 Å². The number of benzene rings is 1. The van der Waals surface area contributed by atoms with E-state index in [1.807, 2.05) is 0 Å². The molecule has 0 heterocycles. The number of halogens is 3. The largest absolute Gasteiger partial charge is 0.481 e. The third-order valence-corrected chi connectivity index (χ3v) is 2.67. The topological polar surface area (TPSA) is 66.4 Å². The monoisotopic (exact) mass is 289 g/mol. The van der Waals surface area contributed by atoms with Crippen LogP contribution in [0.4, 0.5) is 13.2 Å².